The maximum absolute atomic E-state index is 12.0. The van der Waals surface area contributed by atoms with Crippen LogP contribution in [0.3, 0.4) is 0 Å². The number of non-ortho nitro benzene ring substituents is 1. The number of hydrogen-bond acceptors (Lipinski definition) is 10. The number of nitrogens with zero attached hydrogens (tertiary/aromatic N) is 4. The van der Waals surface area contributed by atoms with Crippen LogP contribution in [0.2, 0.25) is 0 Å². The third-order valence-electron chi connectivity index (χ3n) is 7.84. The fourth-order valence-corrected chi connectivity index (χ4v) is 6.08. The second kappa shape index (κ2) is 20.0. The maximum Gasteiger partial charge on any atom is 0.297 e. The molecule has 57 heavy (non-hydrogen) atoms. The molecule has 1 aromatic heterocycles. The number of aromatic nitrogens is 2. The van der Waals surface area contributed by atoms with Gasteiger partial charge in [0.1, 0.15) is 5.69 Å². The number of nitro benzene ring substituents is 2. The van der Waals surface area contributed by atoms with Crippen LogP contribution in [0.4, 0.5) is 22.7 Å². The van der Waals surface area contributed by atoms with Gasteiger partial charge in [-0.15, -0.1) is 0 Å². The predicted molar refractivity (Wildman–Crippen MR) is 238 cm³/mol. The van der Waals surface area contributed by atoms with Crippen LogP contribution in [0.1, 0.15) is 28.1 Å². The molecule has 4 N–H and O–H groups in total. The summed E-state index contributed by atoms with van der Waals surface area (Å²) in [5.41, 5.74) is 15.3. The van der Waals surface area contributed by atoms with Crippen molar-refractivity contribution in [1.29, 1.82) is 0 Å². The number of halogens is 4. The molecule has 16 heteroatoms. The number of para-hydroxylation sites is 2. The van der Waals surface area contributed by atoms with Gasteiger partial charge in [-0.2, -0.15) is 0 Å². The number of nitrogen functional groups attached to an aromatic ring is 2. The number of carbonyl (C=O) groups excluding carboxylic acids is 2. The highest BCUT2D eigenvalue weighted by atomic mass is 79.9. The number of nitro groups is 2. The van der Waals surface area contributed by atoms with Crippen molar-refractivity contribution in [2.24, 2.45) is 0 Å². The van der Waals surface area contributed by atoms with Gasteiger partial charge in [-0.05, 0) is 84.9 Å². The quantitative estimate of drug-likeness (QED) is 0.0509. The molecule has 6 aromatic carbocycles. The monoisotopic (exact) mass is 1020 g/mol. The summed E-state index contributed by atoms with van der Waals surface area (Å²) in [6, 6.07) is 38.0. The number of hydrogen-bond donors (Lipinski definition) is 2. The van der Waals surface area contributed by atoms with Gasteiger partial charge in [0, 0.05) is 52.3 Å². The minimum atomic E-state index is -0.564. The Hall–Kier alpha value is -5.68. The molecule has 7 rings (SSSR count). The smallest absolute Gasteiger partial charge is 0.297 e. The van der Waals surface area contributed by atoms with E-state index in [1.807, 2.05) is 48.5 Å². The van der Waals surface area contributed by atoms with Crippen LogP contribution in [0, 0.1) is 20.2 Å². The summed E-state index contributed by atoms with van der Waals surface area (Å²) >= 11 is 13.4. The van der Waals surface area contributed by atoms with E-state index in [0.29, 0.717) is 28.0 Å². The molecular weight excluding hydrogens is 992 g/mol. The summed E-state index contributed by atoms with van der Waals surface area (Å²) in [6.45, 7) is 0. The molecule has 0 saturated carbocycles. The number of ketones is 2. The molecule has 1 heterocycles. The lowest BCUT2D eigenvalue weighted by atomic mass is 10.0. The van der Waals surface area contributed by atoms with Gasteiger partial charge in [0.15, 0.2) is 5.52 Å². The van der Waals surface area contributed by atoms with E-state index in [1.165, 1.54) is 24.3 Å². The van der Waals surface area contributed by atoms with Crippen LogP contribution in [-0.2, 0) is 0 Å². The molecule has 7 aromatic rings. The van der Waals surface area contributed by atoms with Crippen LogP contribution in [0.15, 0.2) is 151 Å². The minimum Gasteiger partial charge on any atom is -0.397 e. The number of benzene rings is 6. The Morgan fingerprint density at radius 3 is 1.28 bits per heavy atom. The average Bonchev–Trinajstić information content (AvgIpc) is 3.19. The Balaban J connectivity index is 0.000000207. The standard InChI is InChI=1S/C20H11Br2N3O2.C14H8Br2O2.C6H7N3O2.CH4/c21-14-8-4-12(5-9-14)18-19(13-6-10-15(22)11-7-13)24-20-16(23-18)2-1-3-17(20)25(26)27;15-11-5-1-9(2-6-11)13(17)14(18)10-3-7-12(16)8-4-10;7-4-2-1-3-5(6(4)8)9(10)11;/h1-11H;1-8H;1-3H,7-8H2;1H4. The summed E-state index contributed by atoms with van der Waals surface area (Å²) in [7, 11) is 0. The van der Waals surface area contributed by atoms with Crippen molar-refractivity contribution in [3.63, 3.8) is 0 Å². The first-order valence-corrected chi connectivity index (χ1v) is 19.3. The van der Waals surface area contributed by atoms with Gasteiger partial charge in [0.2, 0.25) is 11.6 Å². The van der Waals surface area contributed by atoms with E-state index < -0.39 is 21.4 Å². The zero-order valence-electron chi connectivity index (χ0n) is 28.6. The highest BCUT2D eigenvalue weighted by molar-refractivity contribution is 9.11. The predicted octanol–water partition coefficient (Wildman–Crippen LogP) is 12.1. The van der Waals surface area contributed by atoms with Gasteiger partial charge < -0.3 is 11.5 Å². The summed E-state index contributed by atoms with van der Waals surface area (Å²) in [4.78, 5) is 54.0. The lowest BCUT2D eigenvalue weighted by Gasteiger charge is -2.11. The lowest BCUT2D eigenvalue weighted by Crippen LogP contribution is -2.14. The first kappa shape index (κ1) is 44.0. The van der Waals surface area contributed by atoms with E-state index >= 15 is 0 Å². The van der Waals surface area contributed by atoms with Crippen molar-refractivity contribution < 1.29 is 19.4 Å². The number of Topliss-reactive ketones (excluding diaryl/α,β-unsaturated/α-hetero) is 2. The third-order valence-corrected chi connectivity index (χ3v) is 9.95. The van der Waals surface area contributed by atoms with Crippen molar-refractivity contribution in [3.05, 3.63) is 183 Å². The van der Waals surface area contributed by atoms with Crippen LogP contribution < -0.4 is 11.5 Å². The van der Waals surface area contributed by atoms with Crippen molar-refractivity contribution in [1.82, 2.24) is 9.97 Å². The molecule has 0 fully saturated rings. The highest BCUT2D eigenvalue weighted by Crippen LogP contribution is 2.34. The first-order valence-electron chi connectivity index (χ1n) is 16.1. The number of fused-ring (bicyclic) bond motifs is 1. The van der Waals surface area contributed by atoms with E-state index in [2.05, 4.69) is 68.7 Å². The van der Waals surface area contributed by atoms with E-state index in [4.69, 9.17) is 16.5 Å². The molecule has 0 saturated heterocycles. The molecule has 0 aliphatic heterocycles. The Labute approximate surface area is 360 Å². The number of anilines is 2. The number of nitrogens with two attached hydrogens (primary N) is 2. The van der Waals surface area contributed by atoms with E-state index in [0.717, 1.165) is 29.0 Å². The largest absolute Gasteiger partial charge is 0.397 e. The van der Waals surface area contributed by atoms with Crippen molar-refractivity contribution in [2.45, 2.75) is 7.43 Å². The second-order valence-electron chi connectivity index (χ2n) is 11.5. The molecule has 0 atom stereocenters. The molecule has 0 spiro atoms. The molecule has 0 radical (unpaired) electrons. The van der Waals surface area contributed by atoms with Crippen molar-refractivity contribution in [2.75, 3.05) is 11.5 Å². The molecular formula is C41H30Br4N6O6. The maximum atomic E-state index is 12.0. The normalized spacial score (nSPS) is 10.2. The van der Waals surface area contributed by atoms with Crippen LogP contribution in [-0.4, -0.2) is 31.4 Å². The Bertz CT molecular complexity index is 2520. The second-order valence-corrected chi connectivity index (χ2v) is 15.2. The van der Waals surface area contributed by atoms with Gasteiger partial charge in [-0.25, -0.2) is 9.97 Å². The van der Waals surface area contributed by atoms with Gasteiger partial charge >= 0.3 is 0 Å². The van der Waals surface area contributed by atoms with Gasteiger partial charge in [0.05, 0.1) is 32.4 Å². The van der Waals surface area contributed by atoms with Crippen molar-refractivity contribution in [3.8, 4) is 22.5 Å². The summed E-state index contributed by atoms with van der Waals surface area (Å²) in [6.07, 6.45) is 0. The van der Waals surface area contributed by atoms with Crippen molar-refractivity contribution >= 4 is 109 Å². The van der Waals surface area contributed by atoms with Gasteiger partial charge in [-0.3, -0.25) is 29.8 Å². The molecule has 12 nitrogen and oxygen atoms in total. The van der Waals surface area contributed by atoms with Gasteiger partial charge in [-0.1, -0.05) is 108 Å². The zero-order chi connectivity index (χ0) is 40.5. The Morgan fingerprint density at radius 2 is 0.877 bits per heavy atom. The summed E-state index contributed by atoms with van der Waals surface area (Å²) < 4.78 is 3.64. The topological polar surface area (TPSA) is 198 Å². The SMILES string of the molecule is C.Nc1cccc([N+](=O)[O-])c1N.O=C(C(=O)c1ccc(Br)cc1)c1ccc(Br)cc1.O=[N+]([O-])c1cccc2nc(-c3ccc(Br)cc3)c(-c3ccc(Br)cc3)nc12. The molecule has 0 aliphatic rings. The van der Waals surface area contributed by atoms with Gasteiger partial charge in [0.25, 0.3) is 11.4 Å². The zero-order valence-corrected chi connectivity index (χ0v) is 35.0. The summed E-state index contributed by atoms with van der Waals surface area (Å²) in [5, 5.41) is 21.7. The molecule has 0 bridgehead atoms. The molecule has 0 amide bonds. The van der Waals surface area contributed by atoms with Crippen LogP contribution in [0.5, 0.6) is 0 Å². The fraction of sp³-hybridized carbons (Fsp3) is 0.0244. The fourth-order valence-electron chi connectivity index (χ4n) is 5.02. The lowest BCUT2D eigenvalue weighted by molar-refractivity contribution is -0.383. The number of carbonyl (C=O) groups is 2. The first-order chi connectivity index (χ1) is 26.7. The van der Waals surface area contributed by atoms with Crippen LogP contribution >= 0.6 is 63.7 Å². The Morgan fingerprint density at radius 1 is 0.509 bits per heavy atom. The van der Waals surface area contributed by atoms with E-state index in [-0.39, 0.29) is 35.7 Å². The average molecular weight is 1020 g/mol. The Kier molecular flexibility index (Phi) is 15.4. The highest BCUT2D eigenvalue weighted by Gasteiger charge is 2.20. The van der Waals surface area contributed by atoms with E-state index in [1.54, 1.807) is 60.7 Å². The molecule has 288 valence electrons. The van der Waals surface area contributed by atoms with E-state index in [9.17, 15) is 29.8 Å². The summed E-state index contributed by atoms with van der Waals surface area (Å²) in [5.74, 6) is -0.991. The number of rotatable bonds is 7. The van der Waals surface area contributed by atoms with Crippen LogP contribution in [0.25, 0.3) is 33.5 Å². The molecule has 0 unspecified atom stereocenters. The minimum absolute atomic E-state index is 0. The molecule has 0 aliphatic carbocycles. The third kappa shape index (κ3) is 11.2.